The number of urea groups is 1. The van der Waals surface area contributed by atoms with Crippen molar-refractivity contribution in [3.05, 3.63) is 52.7 Å². The minimum atomic E-state index is -4.97. The predicted molar refractivity (Wildman–Crippen MR) is 165 cm³/mol. The van der Waals surface area contributed by atoms with Crippen LogP contribution in [0.15, 0.2) is 30.6 Å². The maximum absolute atomic E-state index is 13.8. The Balaban J connectivity index is 0.944. The van der Waals surface area contributed by atoms with E-state index in [9.17, 15) is 46.2 Å². The van der Waals surface area contributed by atoms with Crippen molar-refractivity contribution in [2.45, 2.75) is 42.7 Å². The van der Waals surface area contributed by atoms with Crippen LogP contribution in [-0.4, -0.2) is 114 Å². The van der Waals surface area contributed by atoms with Crippen molar-refractivity contribution < 1.29 is 51.3 Å². The van der Waals surface area contributed by atoms with E-state index in [-0.39, 0.29) is 58.8 Å². The van der Waals surface area contributed by atoms with Gasteiger partial charge in [-0.25, -0.2) is 23.4 Å². The zero-order valence-corrected chi connectivity index (χ0v) is 27.1. The van der Waals surface area contributed by atoms with Crippen LogP contribution < -0.4 is 16.0 Å². The second kappa shape index (κ2) is 12.1. The van der Waals surface area contributed by atoms with Gasteiger partial charge < -0.3 is 40.5 Å². The van der Waals surface area contributed by atoms with Crippen LogP contribution >= 0.6 is 11.6 Å². The van der Waals surface area contributed by atoms with Crippen LogP contribution in [0.3, 0.4) is 0 Å². The van der Waals surface area contributed by atoms with Crippen LogP contribution in [0, 0.1) is 11.8 Å². The number of fused-ring (bicyclic) bond motifs is 1. The number of rotatable bonds is 7. The van der Waals surface area contributed by atoms with E-state index in [1.807, 2.05) is 0 Å². The van der Waals surface area contributed by atoms with Gasteiger partial charge in [0.25, 0.3) is 17.7 Å². The predicted octanol–water partition coefficient (Wildman–Crippen LogP) is 2.88. The van der Waals surface area contributed by atoms with Crippen molar-refractivity contribution in [1.82, 2.24) is 39.8 Å². The Hall–Kier alpha value is -4.98. The average molecular weight is 742 g/mol. The topological polar surface area (TPSA) is 187 Å². The summed E-state index contributed by atoms with van der Waals surface area (Å²) in [4.78, 5) is 56.4. The standard InChI is InChI=1S/C30H29ClF5N9O6/c1-42-19(16-9-45(21-5-29(21,32)33)41-23(16)30(34,35)36)6-37-24(42)26(48)38-12-2-3-13(17(31)4-12)25(47)40-22-14-7-43(8-15(14)22)27(49)39-18-10-44(28(50)51)11-20(18)46/h2-4,6,9,14-15,18,20-22,46H,5,7-8,10-11H2,1H3,(H,38,48)(H,39,49)(H,40,47)(H,50,51)/t14-,15+,18-,20-,21-,22?/m1/s1. The summed E-state index contributed by atoms with van der Waals surface area (Å²) in [5.74, 6) is -4.81. The summed E-state index contributed by atoms with van der Waals surface area (Å²) in [6.07, 6.45) is -5.95. The number of aliphatic hydroxyl groups excluding tert-OH is 1. The number of benzene rings is 1. The van der Waals surface area contributed by atoms with Gasteiger partial charge in [-0.1, -0.05) is 11.6 Å². The zero-order valence-electron chi connectivity index (χ0n) is 26.4. The first-order valence-electron chi connectivity index (χ1n) is 15.6. The second-order valence-corrected chi connectivity index (χ2v) is 13.5. The highest BCUT2D eigenvalue weighted by Crippen LogP contribution is 2.53. The SMILES string of the molecule is Cn1c(-c2cn([C@@H]3CC3(F)F)nc2C(F)(F)F)cnc1C(=O)Nc1ccc(C(=O)NC2[C@H]3CN(C(=O)N[C@@H]4CN(C(=O)O)C[C@H]4O)C[C@@H]23)c(Cl)c1. The summed E-state index contributed by atoms with van der Waals surface area (Å²) in [6, 6.07) is 1.19. The van der Waals surface area contributed by atoms with Gasteiger partial charge in [-0.15, -0.1) is 0 Å². The number of alkyl halides is 5. The molecule has 0 bridgehead atoms. The van der Waals surface area contributed by atoms with Crippen LogP contribution in [0.2, 0.25) is 5.02 Å². The van der Waals surface area contributed by atoms with E-state index in [1.54, 1.807) is 4.90 Å². The Kier molecular flexibility index (Phi) is 8.16. The summed E-state index contributed by atoms with van der Waals surface area (Å²) in [5.41, 5.74) is -1.85. The van der Waals surface area contributed by atoms with Crippen LogP contribution in [0.4, 0.5) is 37.2 Å². The average Bonchev–Trinajstić information content (AvgIpc) is 3.50. The molecule has 7 rings (SSSR count). The fourth-order valence-corrected chi connectivity index (χ4v) is 7.01. The molecule has 2 aliphatic carbocycles. The molecule has 4 heterocycles. The minimum Gasteiger partial charge on any atom is -0.465 e. The number of imidazole rings is 1. The number of carboxylic acid groups (broad SMARTS) is 1. The summed E-state index contributed by atoms with van der Waals surface area (Å²) >= 11 is 6.37. The van der Waals surface area contributed by atoms with Gasteiger partial charge in [-0.2, -0.15) is 18.3 Å². The Morgan fingerprint density at radius 3 is 2.29 bits per heavy atom. The molecule has 0 radical (unpaired) electrons. The molecule has 4 fully saturated rings. The molecule has 2 aliphatic heterocycles. The highest BCUT2D eigenvalue weighted by Gasteiger charge is 2.60. The van der Waals surface area contributed by atoms with Gasteiger partial charge in [0, 0.05) is 62.9 Å². The van der Waals surface area contributed by atoms with Gasteiger partial charge in [-0.3, -0.25) is 14.3 Å². The molecule has 2 aromatic heterocycles. The summed E-state index contributed by atoms with van der Waals surface area (Å²) in [6.45, 7) is 0.564. The van der Waals surface area contributed by atoms with Gasteiger partial charge >= 0.3 is 18.3 Å². The number of hydrogen-bond acceptors (Lipinski definition) is 7. The molecule has 1 aromatic carbocycles. The molecule has 21 heteroatoms. The van der Waals surface area contributed by atoms with E-state index in [4.69, 9.17) is 16.7 Å². The number of amides is 5. The van der Waals surface area contributed by atoms with Crippen LogP contribution in [0.1, 0.15) is 39.1 Å². The number of carbonyl (C=O) groups is 4. The number of β-amino-alcohol motifs (C(OH)–C–C–N with tert-alkyl or cyclic N) is 1. The third kappa shape index (κ3) is 6.41. The third-order valence-corrected chi connectivity index (χ3v) is 10.0. The highest BCUT2D eigenvalue weighted by atomic mass is 35.5. The lowest BCUT2D eigenvalue weighted by atomic mass is 10.2. The normalized spacial score (nSPS) is 26.1. The molecule has 3 aromatic rings. The first-order valence-corrected chi connectivity index (χ1v) is 16.0. The number of anilines is 1. The third-order valence-electron chi connectivity index (χ3n) is 9.70. The fraction of sp³-hybridized carbons (Fsp3) is 0.467. The Morgan fingerprint density at radius 1 is 1.02 bits per heavy atom. The molecule has 6 atom stereocenters. The molecule has 15 nitrogen and oxygen atoms in total. The van der Waals surface area contributed by atoms with Crippen LogP contribution in [0.5, 0.6) is 0 Å². The first kappa shape index (κ1) is 34.5. The lowest BCUT2D eigenvalue weighted by molar-refractivity contribution is -0.141. The van der Waals surface area contributed by atoms with E-state index in [1.165, 1.54) is 25.2 Å². The molecule has 4 aliphatic rings. The number of hydrogen-bond donors (Lipinski definition) is 5. The molecular formula is C30H29ClF5N9O6. The van der Waals surface area contributed by atoms with Gasteiger partial charge in [0.15, 0.2) is 11.5 Å². The maximum Gasteiger partial charge on any atom is 0.435 e. The molecule has 272 valence electrons. The first-order chi connectivity index (χ1) is 23.9. The van der Waals surface area contributed by atoms with Crippen LogP contribution in [-0.2, 0) is 13.2 Å². The maximum atomic E-state index is 13.8. The number of likely N-dealkylation sites (tertiary alicyclic amines) is 2. The Bertz CT molecular complexity index is 1940. The monoisotopic (exact) mass is 741 g/mol. The largest absolute Gasteiger partial charge is 0.465 e. The lowest BCUT2D eigenvalue weighted by Gasteiger charge is -2.24. The van der Waals surface area contributed by atoms with Crippen molar-refractivity contribution in [3.8, 4) is 11.3 Å². The number of nitrogens with zero attached hydrogens (tertiary/aromatic N) is 6. The molecule has 5 N–H and O–H groups in total. The molecule has 1 unspecified atom stereocenters. The highest BCUT2D eigenvalue weighted by molar-refractivity contribution is 6.34. The fourth-order valence-electron chi connectivity index (χ4n) is 6.74. The quantitative estimate of drug-likeness (QED) is 0.229. The lowest BCUT2D eigenvalue weighted by Crippen LogP contribution is -2.50. The molecule has 2 saturated carbocycles. The number of aliphatic hydroxyl groups is 1. The van der Waals surface area contributed by atoms with Crippen molar-refractivity contribution in [2.24, 2.45) is 18.9 Å². The molecular weight excluding hydrogens is 713 g/mol. The molecule has 0 spiro atoms. The molecule has 5 amide bonds. The van der Waals surface area contributed by atoms with Gasteiger partial charge in [0.2, 0.25) is 0 Å². The van der Waals surface area contributed by atoms with Crippen molar-refractivity contribution in [3.63, 3.8) is 0 Å². The number of carbonyl (C=O) groups excluding carboxylic acids is 3. The van der Waals surface area contributed by atoms with Crippen molar-refractivity contribution >= 4 is 41.2 Å². The number of nitrogens with one attached hydrogen (secondary N) is 3. The minimum absolute atomic E-state index is 0.0118. The summed E-state index contributed by atoms with van der Waals surface area (Å²) in [5, 5.41) is 30.6. The molecule has 2 saturated heterocycles. The van der Waals surface area contributed by atoms with Gasteiger partial charge in [0.1, 0.15) is 6.04 Å². The van der Waals surface area contributed by atoms with Crippen molar-refractivity contribution in [2.75, 3.05) is 31.5 Å². The Labute approximate surface area is 289 Å². The van der Waals surface area contributed by atoms with Crippen molar-refractivity contribution in [1.29, 1.82) is 0 Å². The van der Waals surface area contributed by atoms with Gasteiger partial charge in [-0.05, 0) is 18.2 Å². The van der Waals surface area contributed by atoms with E-state index in [2.05, 4.69) is 26.0 Å². The Morgan fingerprint density at radius 2 is 1.71 bits per heavy atom. The van der Waals surface area contributed by atoms with E-state index in [0.29, 0.717) is 17.8 Å². The van der Waals surface area contributed by atoms with Gasteiger partial charge in [0.05, 0.1) is 46.7 Å². The zero-order chi connectivity index (χ0) is 36.7. The van der Waals surface area contributed by atoms with E-state index >= 15 is 0 Å². The summed E-state index contributed by atoms with van der Waals surface area (Å²) in [7, 11) is 1.29. The second-order valence-electron chi connectivity index (χ2n) is 13.1. The van der Waals surface area contributed by atoms with E-state index in [0.717, 1.165) is 21.9 Å². The van der Waals surface area contributed by atoms with E-state index < -0.39 is 71.9 Å². The number of aromatic nitrogens is 4. The molecule has 51 heavy (non-hydrogen) atoms. The van der Waals surface area contributed by atoms with Crippen LogP contribution in [0.25, 0.3) is 11.3 Å². The summed E-state index contributed by atoms with van der Waals surface area (Å²) < 4.78 is 70.1. The number of halogens is 6. The smallest absolute Gasteiger partial charge is 0.435 e. The number of piperidine rings is 1.